The summed E-state index contributed by atoms with van der Waals surface area (Å²) in [5, 5.41) is 0. The van der Waals surface area contributed by atoms with E-state index in [0.29, 0.717) is 38.2 Å². The van der Waals surface area contributed by atoms with E-state index in [2.05, 4.69) is 28.1 Å². The molecule has 3 heterocycles. The highest BCUT2D eigenvalue weighted by molar-refractivity contribution is 5.81. The molecule has 2 aliphatic heterocycles. The lowest BCUT2D eigenvalue weighted by Gasteiger charge is -2.31. The number of carbonyl (C=O) groups is 2. The van der Waals surface area contributed by atoms with Gasteiger partial charge in [0.2, 0.25) is 5.95 Å². The largest absolute Gasteiger partial charge is 0.488 e. The summed E-state index contributed by atoms with van der Waals surface area (Å²) in [6, 6.07) is 16.2. The fraction of sp³-hybridized carbons (Fsp3) is 0.471. The molecule has 9 heteroatoms. The lowest BCUT2D eigenvalue weighted by Crippen LogP contribution is -2.39. The number of anilines is 1. The molecule has 0 bridgehead atoms. The van der Waals surface area contributed by atoms with Crippen LogP contribution in [-0.4, -0.2) is 58.8 Å². The summed E-state index contributed by atoms with van der Waals surface area (Å²) >= 11 is 0. The Morgan fingerprint density at radius 1 is 1.07 bits per heavy atom. The standard InChI is InChI=1S/C34H40N4O5/c1-5-41-30(39)34-14-17-37(21-26(34)19-34)31-35-15-12-28(36-31)27-8-6-7-9-29(27)42-22-23-10-11-25-20-38(16-13-24(25)18-23)32(40)43-33(2,3)4/h6-12,15,18,26H,5,13-14,16-17,19-22H2,1-4H3/t26-,34+/m0/s1. The van der Waals surface area contributed by atoms with E-state index in [4.69, 9.17) is 19.2 Å². The molecule has 1 saturated heterocycles. The number of aromatic nitrogens is 2. The zero-order valence-corrected chi connectivity index (χ0v) is 25.5. The van der Waals surface area contributed by atoms with Gasteiger partial charge in [-0.1, -0.05) is 30.3 Å². The number of para-hydroxylation sites is 1. The van der Waals surface area contributed by atoms with Gasteiger partial charge < -0.3 is 24.0 Å². The van der Waals surface area contributed by atoms with Crippen molar-refractivity contribution in [1.82, 2.24) is 14.9 Å². The first-order chi connectivity index (χ1) is 20.6. The first-order valence-corrected chi connectivity index (χ1v) is 15.2. The second-order valence-corrected chi connectivity index (χ2v) is 12.8. The van der Waals surface area contributed by atoms with Crippen molar-refractivity contribution in [3.05, 3.63) is 71.4 Å². The van der Waals surface area contributed by atoms with Crippen LogP contribution in [0.1, 0.15) is 57.2 Å². The van der Waals surface area contributed by atoms with E-state index in [0.717, 1.165) is 60.5 Å². The van der Waals surface area contributed by atoms with Crippen LogP contribution in [0.2, 0.25) is 0 Å². The molecule has 2 fully saturated rings. The second kappa shape index (κ2) is 11.5. The number of fused-ring (bicyclic) bond motifs is 2. The molecule has 6 rings (SSSR count). The maximum atomic E-state index is 12.5. The van der Waals surface area contributed by atoms with Crippen molar-refractivity contribution in [3.63, 3.8) is 0 Å². The lowest BCUT2D eigenvalue weighted by molar-refractivity contribution is -0.150. The molecular formula is C34H40N4O5. The number of esters is 1. The highest BCUT2D eigenvalue weighted by Gasteiger charge is 2.63. The fourth-order valence-corrected chi connectivity index (χ4v) is 6.22. The summed E-state index contributed by atoms with van der Waals surface area (Å²) in [5.41, 5.74) is 4.33. The average Bonchev–Trinajstić information content (AvgIpc) is 3.75. The molecule has 2 atom stereocenters. The highest BCUT2D eigenvalue weighted by atomic mass is 16.6. The minimum Gasteiger partial charge on any atom is -0.488 e. The van der Waals surface area contributed by atoms with Gasteiger partial charge in [-0.25, -0.2) is 14.8 Å². The Hall–Kier alpha value is -4.14. The number of nitrogens with zero attached hydrogens (tertiary/aromatic N) is 4. The van der Waals surface area contributed by atoms with Crippen molar-refractivity contribution in [3.8, 4) is 17.0 Å². The minimum absolute atomic E-state index is 0.0536. The Morgan fingerprint density at radius 3 is 2.70 bits per heavy atom. The molecular weight excluding hydrogens is 544 g/mol. The van der Waals surface area contributed by atoms with Crippen LogP contribution in [0.4, 0.5) is 10.7 Å². The predicted octanol–water partition coefficient (Wildman–Crippen LogP) is 5.80. The smallest absolute Gasteiger partial charge is 0.410 e. The van der Waals surface area contributed by atoms with Gasteiger partial charge in [0.05, 0.1) is 17.7 Å². The molecule has 0 N–H and O–H groups in total. The van der Waals surface area contributed by atoms with E-state index in [1.807, 2.05) is 58.0 Å². The van der Waals surface area contributed by atoms with Crippen LogP contribution in [0.3, 0.4) is 0 Å². The van der Waals surface area contributed by atoms with Crippen molar-refractivity contribution in [1.29, 1.82) is 0 Å². The molecule has 1 aliphatic carbocycles. The molecule has 0 unspecified atom stereocenters. The third-order valence-electron chi connectivity index (χ3n) is 8.60. The van der Waals surface area contributed by atoms with Crippen LogP contribution < -0.4 is 9.64 Å². The molecule has 0 radical (unpaired) electrons. The molecule has 3 aliphatic rings. The summed E-state index contributed by atoms with van der Waals surface area (Å²) in [7, 11) is 0. The number of ether oxygens (including phenoxy) is 3. The zero-order chi connectivity index (χ0) is 30.2. The average molecular weight is 585 g/mol. The van der Waals surface area contributed by atoms with Crippen molar-refractivity contribution >= 4 is 18.0 Å². The summed E-state index contributed by atoms with van der Waals surface area (Å²) in [5.74, 6) is 1.66. The lowest BCUT2D eigenvalue weighted by atomic mass is 9.95. The van der Waals surface area contributed by atoms with Gasteiger partial charge in [0.1, 0.15) is 18.0 Å². The number of amides is 1. The molecule has 43 heavy (non-hydrogen) atoms. The predicted molar refractivity (Wildman–Crippen MR) is 163 cm³/mol. The van der Waals surface area contributed by atoms with Crippen molar-refractivity contribution in [2.24, 2.45) is 11.3 Å². The van der Waals surface area contributed by atoms with Gasteiger partial charge >= 0.3 is 12.1 Å². The van der Waals surface area contributed by atoms with Crippen molar-refractivity contribution in [2.45, 2.75) is 65.7 Å². The third-order valence-corrected chi connectivity index (χ3v) is 8.60. The van der Waals surface area contributed by atoms with Crippen LogP contribution in [0.25, 0.3) is 11.3 Å². The van der Waals surface area contributed by atoms with Gasteiger partial charge in [-0.05, 0) is 87.8 Å². The molecule has 1 saturated carbocycles. The van der Waals surface area contributed by atoms with Crippen LogP contribution in [0.5, 0.6) is 5.75 Å². The number of piperidine rings is 1. The molecule has 3 aromatic rings. The SMILES string of the molecule is CCOC(=O)[C@@]12CCN(c3nccc(-c4ccccc4OCc4ccc5c(c4)CCN(C(=O)OC(C)(C)C)C5)n3)C[C@@H]1C2. The second-order valence-electron chi connectivity index (χ2n) is 12.8. The zero-order valence-electron chi connectivity index (χ0n) is 25.5. The third kappa shape index (κ3) is 6.17. The van der Waals surface area contributed by atoms with E-state index in [1.54, 1.807) is 11.1 Å². The van der Waals surface area contributed by atoms with Gasteiger partial charge in [-0.3, -0.25) is 4.79 Å². The number of hydrogen-bond acceptors (Lipinski definition) is 8. The summed E-state index contributed by atoms with van der Waals surface area (Å²) < 4.78 is 17.2. The van der Waals surface area contributed by atoms with Crippen LogP contribution in [0.15, 0.2) is 54.7 Å². The Kier molecular flexibility index (Phi) is 7.75. The highest BCUT2D eigenvalue weighted by Crippen LogP contribution is 2.58. The summed E-state index contributed by atoms with van der Waals surface area (Å²) in [6.07, 6.45) is 3.94. The number of hydrogen-bond donors (Lipinski definition) is 0. The van der Waals surface area contributed by atoms with E-state index >= 15 is 0 Å². The number of carbonyl (C=O) groups excluding carboxylic acids is 2. The number of benzene rings is 2. The van der Waals surface area contributed by atoms with Crippen LogP contribution >= 0.6 is 0 Å². The van der Waals surface area contributed by atoms with Crippen molar-refractivity contribution < 1.29 is 23.8 Å². The van der Waals surface area contributed by atoms with Gasteiger partial charge in [0.25, 0.3) is 0 Å². The monoisotopic (exact) mass is 584 g/mol. The maximum Gasteiger partial charge on any atom is 0.410 e. The Bertz CT molecular complexity index is 1520. The van der Waals surface area contributed by atoms with E-state index in [1.165, 1.54) is 5.56 Å². The van der Waals surface area contributed by atoms with Gasteiger partial charge in [-0.2, -0.15) is 0 Å². The van der Waals surface area contributed by atoms with Crippen LogP contribution in [0, 0.1) is 11.3 Å². The van der Waals surface area contributed by atoms with Gasteiger partial charge in [0, 0.05) is 37.9 Å². The van der Waals surface area contributed by atoms with Gasteiger partial charge in [-0.15, -0.1) is 0 Å². The molecule has 1 aromatic heterocycles. The quantitative estimate of drug-likeness (QED) is 0.322. The summed E-state index contributed by atoms with van der Waals surface area (Å²) in [6.45, 7) is 11.0. The Balaban J connectivity index is 1.11. The van der Waals surface area contributed by atoms with Crippen LogP contribution in [-0.2, 0) is 33.8 Å². The first kappa shape index (κ1) is 29.0. The first-order valence-electron chi connectivity index (χ1n) is 15.2. The minimum atomic E-state index is -0.509. The molecule has 0 spiro atoms. The maximum absolute atomic E-state index is 12.5. The molecule has 226 valence electrons. The fourth-order valence-electron chi connectivity index (χ4n) is 6.22. The van der Waals surface area contributed by atoms with E-state index in [9.17, 15) is 9.59 Å². The van der Waals surface area contributed by atoms with Crippen molar-refractivity contribution in [2.75, 3.05) is 31.1 Å². The van der Waals surface area contributed by atoms with E-state index in [-0.39, 0.29) is 17.5 Å². The molecule has 1 amide bonds. The molecule has 2 aromatic carbocycles. The van der Waals surface area contributed by atoms with Gasteiger partial charge in [0.15, 0.2) is 0 Å². The molecule has 9 nitrogen and oxygen atoms in total. The van der Waals surface area contributed by atoms with E-state index < -0.39 is 5.60 Å². The summed E-state index contributed by atoms with van der Waals surface area (Å²) in [4.78, 5) is 38.5. The topological polar surface area (TPSA) is 94.1 Å². The normalized spacial score (nSPS) is 21.0. The number of rotatable bonds is 7. The Labute approximate surface area is 253 Å². The Morgan fingerprint density at radius 2 is 1.91 bits per heavy atom.